The molecule has 2 heterocycles. The van der Waals surface area contributed by atoms with E-state index in [9.17, 15) is 14.7 Å². The molecule has 0 unspecified atom stereocenters. The van der Waals surface area contributed by atoms with Gasteiger partial charge in [0.05, 0.1) is 17.0 Å². The summed E-state index contributed by atoms with van der Waals surface area (Å²) in [6.07, 6.45) is 1.58. The molecule has 0 aliphatic carbocycles. The van der Waals surface area contributed by atoms with Crippen LogP contribution in [0.1, 0.15) is 10.4 Å². The zero-order valence-corrected chi connectivity index (χ0v) is 11.3. The Bertz CT molecular complexity index is 684. The predicted octanol–water partition coefficient (Wildman–Crippen LogP) is 1.83. The number of thioether (sulfide) groups is 1. The molecule has 1 saturated heterocycles. The van der Waals surface area contributed by atoms with Crippen LogP contribution in [0.15, 0.2) is 36.5 Å². The van der Waals surface area contributed by atoms with E-state index in [4.69, 9.17) is 0 Å². The molecule has 1 aromatic carbocycles. The number of fused-ring (bicyclic) bond motifs is 1. The fourth-order valence-corrected chi connectivity index (χ4v) is 3.43. The second-order valence-electron chi connectivity index (χ2n) is 4.50. The first-order chi connectivity index (χ1) is 9.68. The van der Waals surface area contributed by atoms with Crippen LogP contribution in [0.25, 0.3) is 10.9 Å². The number of benzene rings is 1. The zero-order chi connectivity index (χ0) is 14.1. The molecule has 1 amide bonds. The minimum absolute atomic E-state index is 0.249. The molecule has 0 bridgehead atoms. The lowest BCUT2D eigenvalue weighted by molar-refractivity contribution is -0.140. The van der Waals surface area contributed by atoms with E-state index in [-0.39, 0.29) is 5.91 Å². The topological polar surface area (TPSA) is 70.5 Å². The molecular formula is C14H12N2O3S. The Morgan fingerprint density at radius 1 is 1.30 bits per heavy atom. The molecule has 1 aliphatic heterocycles. The summed E-state index contributed by atoms with van der Waals surface area (Å²) in [5, 5.41) is 9.92. The zero-order valence-electron chi connectivity index (χ0n) is 10.5. The molecule has 102 valence electrons. The second kappa shape index (κ2) is 5.13. The van der Waals surface area contributed by atoms with Gasteiger partial charge in [-0.05, 0) is 12.1 Å². The fraction of sp³-hybridized carbons (Fsp3) is 0.214. The van der Waals surface area contributed by atoms with Gasteiger partial charge in [0, 0.05) is 17.3 Å². The van der Waals surface area contributed by atoms with E-state index in [0.29, 0.717) is 17.2 Å². The van der Waals surface area contributed by atoms with Crippen molar-refractivity contribution >= 4 is 34.5 Å². The average Bonchev–Trinajstić information content (AvgIpc) is 2.95. The standard InChI is InChI=1S/C14H12N2O3S/c17-13(16-8-20-7-12(16)14(18)19)10-5-6-15-11-4-2-1-3-9(10)11/h1-6,12H,7-8H2,(H,18,19)/t12-/m0/s1. The predicted molar refractivity (Wildman–Crippen MR) is 76.7 cm³/mol. The van der Waals surface area contributed by atoms with Gasteiger partial charge in [-0.3, -0.25) is 9.78 Å². The molecular weight excluding hydrogens is 276 g/mol. The Morgan fingerprint density at radius 2 is 2.10 bits per heavy atom. The molecule has 1 fully saturated rings. The molecule has 0 saturated carbocycles. The van der Waals surface area contributed by atoms with Crippen molar-refractivity contribution in [3.8, 4) is 0 Å². The number of nitrogens with zero attached hydrogens (tertiary/aromatic N) is 2. The van der Waals surface area contributed by atoms with E-state index >= 15 is 0 Å². The number of aliphatic carboxylic acids is 1. The van der Waals surface area contributed by atoms with Crippen LogP contribution in [0.5, 0.6) is 0 Å². The quantitative estimate of drug-likeness (QED) is 0.913. The number of aromatic nitrogens is 1. The first-order valence-corrected chi connectivity index (χ1v) is 7.29. The number of rotatable bonds is 2. The average molecular weight is 288 g/mol. The van der Waals surface area contributed by atoms with E-state index in [1.54, 1.807) is 12.3 Å². The van der Waals surface area contributed by atoms with Crippen LogP contribution in [0, 0.1) is 0 Å². The number of amides is 1. The van der Waals surface area contributed by atoms with Crippen molar-refractivity contribution in [1.29, 1.82) is 0 Å². The van der Waals surface area contributed by atoms with Crippen LogP contribution >= 0.6 is 11.8 Å². The summed E-state index contributed by atoms with van der Waals surface area (Å²) in [5.74, 6) is -0.362. The van der Waals surface area contributed by atoms with Gasteiger partial charge in [0.2, 0.25) is 0 Å². The van der Waals surface area contributed by atoms with E-state index in [1.807, 2.05) is 24.3 Å². The van der Waals surface area contributed by atoms with Gasteiger partial charge in [0.25, 0.3) is 5.91 Å². The van der Waals surface area contributed by atoms with Gasteiger partial charge in [0.1, 0.15) is 6.04 Å². The van der Waals surface area contributed by atoms with Crippen LogP contribution in [-0.4, -0.2) is 44.5 Å². The first-order valence-electron chi connectivity index (χ1n) is 6.14. The summed E-state index contributed by atoms with van der Waals surface area (Å²) in [7, 11) is 0. The summed E-state index contributed by atoms with van der Waals surface area (Å²) >= 11 is 1.46. The summed E-state index contributed by atoms with van der Waals surface area (Å²) in [6.45, 7) is 0. The summed E-state index contributed by atoms with van der Waals surface area (Å²) in [4.78, 5) is 29.4. The number of hydrogen-bond donors (Lipinski definition) is 1. The lowest BCUT2D eigenvalue weighted by Gasteiger charge is -2.21. The number of hydrogen-bond acceptors (Lipinski definition) is 4. The van der Waals surface area contributed by atoms with Crippen LogP contribution in [0.4, 0.5) is 0 Å². The molecule has 3 rings (SSSR count). The van der Waals surface area contributed by atoms with Gasteiger partial charge in [-0.2, -0.15) is 0 Å². The maximum atomic E-state index is 12.6. The van der Waals surface area contributed by atoms with Crippen molar-refractivity contribution in [2.45, 2.75) is 6.04 Å². The SMILES string of the molecule is O=C(O)[C@@H]1CSCN1C(=O)c1ccnc2ccccc12. The Morgan fingerprint density at radius 3 is 2.90 bits per heavy atom. The lowest BCUT2D eigenvalue weighted by Crippen LogP contribution is -2.41. The fourth-order valence-electron chi connectivity index (χ4n) is 2.28. The van der Waals surface area contributed by atoms with Crippen LogP contribution in [0.2, 0.25) is 0 Å². The molecule has 0 spiro atoms. The number of pyridine rings is 1. The second-order valence-corrected chi connectivity index (χ2v) is 5.50. The normalized spacial score (nSPS) is 18.4. The van der Waals surface area contributed by atoms with Gasteiger partial charge in [-0.15, -0.1) is 11.8 Å². The highest BCUT2D eigenvalue weighted by Crippen LogP contribution is 2.25. The smallest absolute Gasteiger partial charge is 0.327 e. The molecule has 2 aromatic rings. The van der Waals surface area contributed by atoms with Gasteiger partial charge >= 0.3 is 5.97 Å². The van der Waals surface area contributed by atoms with Gasteiger partial charge in [-0.25, -0.2) is 4.79 Å². The number of carbonyl (C=O) groups excluding carboxylic acids is 1. The highest BCUT2D eigenvalue weighted by molar-refractivity contribution is 7.99. The minimum atomic E-state index is -0.957. The number of carbonyl (C=O) groups is 2. The van der Waals surface area contributed by atoms with E-state index in [0.717, 1.165) is 10.9 Å². The molecule has 1 aliphatic rings. The molecule has 20 heavy (non-hydrogen) atoms. The van der Waals surface area contributed by atoms with Crippen LogP contribution in [-0.2, 0) is 4.79 Å². The third kappa shape index (κ3) is 2.12. The number of carboxylic acid groups (broad SMARTS) is 1. The number of para-hydroxylation sites is 1. The maximum absolute atomic E-state index is 12.6. The Hall–Kier alpha value is -2.08. The molecule has 1 N–H and O–H groups in total. The molecule has 1 aromatic heterocycles. The third-order valence-electron chi connectivity index (χ3n) is 3.31. The summed E-state index contributed by atoms with van der Waals surface area (Å²) in [5.41, 5.74) is 1.24. The molecule has 0 radical (unpaired) electrons. The third-order valence-corrected chi connectivity index (χ3v) is 4.32. The van der Waals surface area contributed by atoms with Crippen LogP contribution in [0.3, 0.4) is 0 Å². The highest BCUT2D eigenvalue weighted by atomic mass is 32.2. The van der Waals surface area contributed by atoms with Crippen LogP contribution < -0.4 is 0 Å². The van der Waals surface area contributed by atoms with E-state index < -0.39 is 12.0 Å². The van der Waals surface area contributed by atoms with E-state index in [1.165, 1.54) is 16.7 Å². The molecule has 1 atom stereocenters. The van der Waals surface area contributed by atoms with Crippen molar-refractivity contribution in [3.63, 3.8) is 0 Å². The van der Waals surface area contributed by atoms with Crippen molar-refractivity contribution in [2.75, 3.05) is 11.6 Å². The monoisotopic (exact) mass is 288 g/mol. The first kappa shape index (κ1) is 12.9. The van der Waals surface area contributed by atoms with Gasteiger partial charge in [-0.1, -0.05) is 18.2 Å². The minimum Gasteiger partial charge on any atom is -0.480 e. The largest absolute Gasteiger partial charge is 0.480 e. The Kier molecular flexibility index (Phi) is 3.31. The molecule has 6 heteroatoms. The molecule has 5 nitrogen and oxygen atoms in total. The van der Waals surface area contributed by atoms with Gasteiger partial charge < -0.3 is 10.0 Å². The summed E-state index contributed by atoms with van der Waals surface area (Å²) in [6, 6.07) is 8.25. The Labute approximate surface area is 119 Å². The Balaban J connectivity index is 2.03. The van der Waals surface area contributed by atoms with Gasteiger partial charge in [0.15, 0.2) is 0 Å². The summed E-state index contributed by atoms with van der Waals surface area (Å²) < 4.78 is 0. The van der Waals surface area contributed by atoms with Crippen molar-refractivity contribution in [2.24, 2.45) is 0 Å². The van der Waals surface area contributed by atoms with E-state index in [2.05, 4.69) is 4.98 Å². The van der Waals surface area contributed by atoms with Crippen molar-refractivity contribution in [3.05, 3.63) is 42.1 Å². The number of carboxylic acids is 1. The van der Waals surface area contributed by atoms with Crippen molar-refractivity contribution in [1.82, 2.24) is 9.88 Å². The maximum Gasteiger partial charge on any atom is 0.327 e. The van der Waals surface area contributed by atoms with Crippen molar-refractivity contribution < 1.29 is 14.7 Å². The highest BCUT2D eigenvalue weighted by Gasteiger charge is 2.35. The lowest BCUT2D eigenvalue weighted by atomic mass is 10.1.